The quantitative estimate of drug-likeness (QED) is 0.830. The van der Waals surface area contributed by atoms with E-state index in [-0.39, 0.29) is 0 Å². The normalized spacial score (nSPS) is 17.7. The predicted octanol–water partition coefficient (Wildman–Crippen LogP) is 3.16. The second kappa shape index (κ2) is 4.89. The zero-order valence-corrected chi connectivity index (χ0v) is 11.2. The summed E-state index contributed by atoms with van der Waals surface area (Å²) in [6.45, 7) is 6.63. The monoisotopic (exact) mass is 243 g/mol. The van der Waals surface area contributed by atoms with Crippen LogP contribution in [0.1, 0.15) is 38.7 Å². The Bertz CT molecular complexity index is 469. The maximum Gasteiger partial charge on any atom is 0.0992 e. The van der Waals surface area contributed by atoms with Crippen molar-refractivity contribution in [3.63, 3.8) is 0 Å². The summed E-state index contributed by atoms with van der Waals surface area (Å²) in [4.78, 5) is 2.34. The summed E-state index contributed by atoms with van der Waals surface area (Å²) in [5.41, 5.74) is 8.96. The van der Waals surface area contributed by atoms with E-state index in [0.29, 0.717) is 11.0 Å². The molecule has 0 saturated carbocycles. The van der Waals surface area contributed by atoms with E-state index in [1.807, 2.05) is 12.1 Å². The molecule has 1 aliphatic heterocycles. The lowest BCUT2D eigenvalue weighted by molar-refractivity contribution is 0.301. The Labute approximate surface area is 109 Å². The molecular formula is C15H21N3. The lowest BCUT2D eigenvalue weighted by Gasteiger charge is -2.27. The summed E-state index contributed by atoms with van der Waals surface area (Å²) < 4.78 is 0. The van der Waals surface area contributed by atoms with E-state index in [1.165, 1.54) is 19.3 Å². The molecule has 96 valence electrons. The Hall–Kier alpha value is -1.69. The van der Waals surface area contributed by atoms with Gasteiger partial charge in [0.2, 0.25) is 0 Å². The van der Waals surface area contributed by atoms with Gasteiger partial charge in [0.15, 0.2) is 0 Å². The average Bonchev–Trinajstić information content (AvgIpc) is 2.84. The maximum absolute atomic E-state index is 8.98. The molecule has 0 amide bonds. The number of nitriles is 1. The summed E-state index contributed by atoms with van der Waals surface area (Å²) in [7, 11) is 0. The van der Waals surface area contributed by atoms with Crippen molar-refractivity contribution in [2.24, 2.45) is 5.41 Å². The van der Waals surface area contributed by atoms with E-state index < -0.39 is 0 Å². The first-order valence-electron chi connectivity index (χ1n) is 6.68. The molecule has 18 heavy (non-hydrogen) atoms. The zero-order valence-electron chi connectivity index (χ0n) is 11.2. The summed E-state index contributed by atoms with van der Waals surface area (Å²) in [5, 5.41) is 8.98. The number of nitrogens with zero attached hydrogens (tertiary/aromatic N) is 2. The smallest absolute Gasteiger partial charge is 0.0992 e. The van der Waals surface area contributed by atoms with Crippen LogP contribution in [0.4, 0.5) is 11.4 Å². The zero-order chi connectivity index (χ0) is 13.2. The largest absolute Gasteiger partial charge is 0.397 e. The average molecular weight is 243 g/mol. The molecule has 1 fully saturated rings. The standard InChI is InChI=1S/C15H21N3/c1-3-15(4-2)7-8-18(11-15)14-9-12(10-16)5-6-13(14)17/h5-6,9H,3-4,7-8,11,17H2,1-2H3. The second-order valence-corrected chi connectivity index (χ2v) is 5.26. The van der Waals surface area contributed by atoms with Gasteiger partial charge in [0.1, 0.15) is 0 Å². The minimum Gasteiger partial charge on any atom is -0.397 e. The number of rotatable bonds is 3. The molecule has 0 unspecified atom stereocenters. The van der Waals surface area contributed by atoms with Gasteiger partial charge in [-0.15, -0.1) is 0 Å². The summed E-state index contributed by atoms with van der Waals surface area (Å²) in [5.74, 6) is 0. The van der Waals surface area contributed by atoms with Gasteiger partial charge in [0.05, 0.1) is 23.0 Å². The van der Waals surface area contributed by atoms with Crippen molar-refractivity contribution in [2.45, 2.75) is 33.1 Å². The molecule has 0 aliphatic carbocycles. The van der Waals surface area contributed by atoms with Crippen molar-refractivity contribution in [3.05, 3.63) is 23.8 Å². The van der Waals surface area contributed by atoms with Crippen molar-refractivity contribution < 1.29 is 0 Å². The Balaban J connectivity index is 2.27. The van der Waals surface area contributed by atoms with Crippen molar-refractivity contribution in [1.82, 2.24) is 0 Å². The molecule has 1 aromatic rings. The summed E-state index contributed by atoms with van der Waals surface area (Å²) >= 11 is 0. The van der Waals surface area contributed by atoms with Crippen molar-refractivity contribution in [2.75, 3.05) is 23.7 Å². The molecular weight excluding hydrogens is 222 g/mol. The van der Waals surface area contributed by atoms with E-state index in [4.69, 9.17) is 11.0 Å². The van der Waals surface area contributed by atoms with Crippen LogP contribution in [0.15, 0.2) is 18.2 Å². The number of nitrogens with two attached hydrogens (primary N) is 1. The van der Waals surface area contributed by atoms with Crippen LogP contribution in [0.2, 0.25) is 0 Å². The molecule has 0 spiro atoms. The summed E-state index contributed by atoms with van der Waals surface area (Å²) in [6.07, 6.45) is 3.63. The van der Waals surface area contributed by atoms with Crippen LogP contribution < -0.4 is 10.6 Å². The van der Waals surface area contributed by atoms with E-state index in [0.717, 1.165) is 24.5 Å². The highest BCUT2D eigenvalue weighted by atomic mass is 15.2. The molecule has 2 N–H and O–H groups in total. The van der Waals surface area contributed by atoms with Gasteiger partial charge in [-0.25, -0.2) is 0 Å². The minimum atomic E-state index is 0.426. The van der Waals surface area contributed by atoms with Crippen LogP contribution in [0.5, 0.6) is 0 Å². The Morgan fingerprint density at radius 1 is 1.39 bits per heavy atom. The molecule has 0 bridgehead atoms. The van der Waals surface area contributed by atoms with Crippen molar-refractivity contribution in [1.29, 1.82) is 5.26 Å². The van der Waals surface area contributed by atoms with Crippen LogP contribution in [-0.4, -0.2) is 13.1 Å². The molecule has 1 aliphatic rings. The number of benzene rings is 1. The number of hydrogen-bond acceptors (Lipinski definition) is 3. The molecule has 1 saturated heterocycles. The van der Waals surface area contributed by atoms with Gasteiger partial charge in [-0.05, 0) is 42.9 Å². The van der Waals surface area contributed by atoms with E-state index in [1.54, 1.807) is 6.07 Å². The van der Waals surface area contributed by atoms with Gasteiger partial charge >= 0.3 is 0 Å². The van der Waals surface area contributed by atoms with Gasteiger partial charge in [-0.2, -0.15) is 5.26 Å². The highest BCUT2D eigenvalue weighted by Gasteiger charge is 2.35. The van der Waals surface area contributed by atoms with Gasteiger partial charge in [0.25, 0.3) is 0 Å². The Kier molecular flexibility index (Phi) is 3.47. The molecule has 3 nitrogen and oxygen atoms in total. The fraction of sp³-hybridized carbons (Fsp3) is 0.533. The predicted molar refractivity (Wildman–Crippen MR) is 75.4 cm³/mol. The van der Waals surface area contributed by atoms with Crippen LogP contribution in [-0.2, 0) is 0 Å². The van der Waals surface area contributed by atoms with Crippen LogP contribution in [0.3, 0.4) is 0 Å². The van der Waals surface area contributed by atoms with Crippen molar-refractivity contribution >= 4 is 11.4 Å². The topological polar surface area (TPSA) is 53.0 Å². The lowest BCUT2D eigenvalue weighted by Crippen LogP contribution is -2.26. The third-order valence-electron chi connectivity index (χ3n) is 4.44. The first-order chi connectivity index (χ1) is 8.64. The van der Waals surface area contributed by atoms with Crippen LogP contribution in [0, 0.1) is 16.7 Å². The number of anilines is 2. The van der Waals surface area contributed by atoms with Gasteiger partial charge in [0, 0.05) is 13.1 Å². The molecule has 0 atom stereocenters. The number of nitrogen functional groups attached to an aromatic ring is 1. The minimum absolute atomic E-state index is 0.426. The van der Waals surface area contributed by atoms with E-state index in [2.05, 4.69) is 24.8 Å². The second-order valence-electron chi connectivity index (χ2n) is 5.26. The molecule has 0 aromatic heterocycles. The maximum atomic E-state index is 8.98. The van der Waals surface area contributed by atoms with Gasteiger partial charge < -0.3 is 10.6 Å². The van der Waals surface area contributed by atoms with Crippen molar-refractivity contribution in [3.8, 4) is 6.07 Å². The molecule has 0 radical (unpaired) electrons. The highest BCUT2D eigenvalue weighted by Crippen LogP contribution is 2.40. The lowest BCUT2D eigenvalue weighted by atomic mass is 9.82. The van der Waals surface area contributed by atoms with Crippen LogP contribution >= 0.6 is 0 Å². The third kappa shape index (κ3) is 2.15. The molecule has 1 aromatic carbocycles. The molecule has 2 rings (SSSR count). The summed E-state index contributed by atoms with van der Waals surface area (Å²) in [6, 6.07) is 7.72. The third-order valence-corrected chi connectivity index (χ3v) is 4.44. The van der Waals surface area contributed by atoms with Gasteiger partial charge in [-0.3, -0.25) is 0 Å². The van der Waals surface area contributed by atoms with Crippen LogP contribution in [0.25, 0.3) is 0 Å². The Morgan fingerprint density at radius 3 is 2.67 bits per heavy atom. The first kappa shape index (κ1) is 12.8. The Morgan fingerprint density at radius 2 is 2.11 bits per heavy atom. The van der Waals surface area contributed by atoms with E-state index in [9.17, 15) is 0 Å². The van der Waals surface area contributed by atoms with Gasteiger partial charge in [-0.1, -0.05) is 13.8 Å². The number of hydrogen-bond donors (Lipinski definition) is 1. The highest BCUT2D eigenvalue weighted by molar-refractivity contribution is 5.70. The van der Waals surface area contributed by atoms with E-state index >= 15 is 0 Å². The molecule has 1 heterocycles. The fourth-order valence-electron chi connectivity index (χ4n) is 2.85. The first-order valence-corrected chi connectivity index (χ1v) is 6.68. The molecule has 3 heteroatoms. The fourth-order valence-corrected chi connectivity index (χ4v) is 2.85. The SMILES string of the molecule is CCC1(CC)CCN(c2cc(C#N)ccc2N)C1.